The molecule has 0 radical (unpaired) electrons. The van der Waals surface area contributed by atoms with Crippen molar-refractivity contribution in [3.8, 4) is 0 Å². The molecule has 0 unspecified atom stereocenters. The monoisotopic (exact) mass is 436 g/mol. The van der Waals surface area contributed by atoms with Gasteiger partial charge in [-0.2, -0.15) is 0 Å². The fourth-order valence-electron chi connectivity index (χ4n) is 3.37. The van der Waals surface area contributed by atoms with Gasteiger partial charge < -0.3 is 5.32 Å². The van der Waals surface area contributed by atoms with Gasteiger partial charge in [-0.1, -0.05) is 60.2 Å². The quantitative estimate of drug-likeness (QED) is 0.585. The number of nitrogens with zero attached hydrogens (tertiary/aromatic N) is 1. The molecule has 162 valence electrons. The summed E-state index contributed by atoms with van der Waals surface area (Å²) in [5, 5.41) is 2.92. The van der Waals surface area contributed by atoms with Crippen molar-refractivity contribution < 1.29 is 13.2 Å². The molecule has 3 aromatic carbocycles. The first kappa shape index (κ1) is 22.6. The lowest BCUT2D eigenvalue weighted by Gasteiger charge is -2.27. The van der Waals surface area contributed by atoms with Crippen molar-refractivity contribution in [2.24, 2.45) is 0 Å². The highest BCUT2D eigenvalue weighted by atomic mass is 32.2. The summed E-state index contributed by atoms with van der Waals surface area (Å²) in [6, 6.07) is 21.6. The molecule has 0 spiro atoms. The van der Waals surface area contributed by atoms with Gasteiger partial charge in [0.2, 0.25) is 5.91 Å². The van der Waals surface area contributed by atoms with Crippen LogP contribution in [0.5, 0.6) is 0 Å². The molecule has 3 aromatic rings. The molecule has 0 aliphatic rings. The lowest BCUT2D eigenvalue weighted by molar-refractivity contribution is -0.120. The molecule has 31 heavy (non-hydrogen) atoms. The molecule has 1 N–H and O–H groups in total. The number of hydrogen-bond donors (Lipinski definition) is 1. The standard InChI is InChI=1S/C25H28N2O3S/c1-18-11-14-23(15-12-18)31(29,30)27(24-16-19(2)10-13-20(24)3)17-25(28)26-21(4)22-8-6-5-7-9-22/h5-16,21H,17H2,1-4H3,(H,26,28)/t21-/m1/s1. The summed E-state index contributed by atoms with van der Waals surface area (Å²) in [5.74, 6) is -0.368. The average Bonchev–Trinajstić information content (AvgIpc) is 2.74. The van der Waals surface area contributed by atoms with Gasteiger partial charge in [-0.05, 0) is 62.6 Å². The zero-order chi connectivity index (χ0) is 22.6. The molecule has 1 atom stereocenters. The minimum Gasteiger partial charge on any atom is -0.348 e. The zero-order valence-electron chi connectivity index (χ0n) is 18.3. The van der Waals surface area contributed by atoms with Crippen LogP contribution in [0.1, 0.15) is 35.2 Å². The summed E-state index contributed by atoms with van der Waals surface area (Å²) in [5.41, 5.74) is 4.12. The lowest BCUT2D eigenvalue weighted by Crippen LogP contribution is -2.42. The maximum atomic E-state index is 13.5. The van der Waals surface area contributed by atoms with E-state index >= 15 is 0 Å². The Labute approximate surface area is 184 Å². The first-order chi connectivity index (χ1) is 14.7. The van der Waals surface area contributed by atoms with Crippen LogP contribution in [0, 0.1) is 20.8 Å². The number of aryl methyl sites for hydroxylation is 3. The third-order valence-corrected chi connectivity index (χ3v) is 6.98. The van der Waals surface area contributed by atoms with Gasteiger partial charge in [0.05, 0.1) is 16.6 Å². The minimum atomic E-state index is -3.93. The van der Waals surface area contributed by atoms with Crippen molar-refractivity contribution in [3.05, 3.63) is 95.1 Å². The number of carbonyl (C=O) groups excluding carboxylic acids is 1. The topological polar surface area (TPSA) is 66.5 Å². The van der Waals surface area contributed by atoms with Crippen LogP contribution in [-0.4, -0.2) is 20.9 Å². The van der Waals surface area contributed by atoms with Gasteiger partial charge in [0, 0.05) is 0 Å². The number of sulfonamides is 1. The van der Waals surface area contributed by atoms with Crippen LogP contribution in [0.25, 0.3) is 0 Å². The van der Waals surface area contributed by atoms with Gasteiger partial charge in [-0.25, -0.2) is 8.42 Å². The minimum absolute atomic E-state index is 0.155. The van der Waals surface area contributed by atoms with Gasteiger partial charge in [0.1, 0.15) is 6.54 Å². The molecular formula is C25H28N2O3S. The Morgan fingerprint density at radius 3 is 2.16 bits per heavy atom. The number of amides is 1. The number of anilines is 1. The molecule has 0 saturated carbocycles. The van der Waals surface area contributed by atoms with Gasteiger partial charge in [0.15, 0.2) is 0 Å². The Hall–Kier alpha value is -3.12. The third kappa shape index (κ3) is 5.33. The second kappa shape index (κ2) is 9.35. The number of nitrogens with one attached hydrogen (secondary N) is 1. The van der Waals surface area contributed by atoms with Gasteiger partial charge in [-0.15, -0.1) is 0 Å². The number of rotatable bonds is 7. The van der Waals surface area contributed by atoms with E-state index in [1.54, 1.807) is 30.3 Å². The summed E-state index contributed by atoms with van der Waals surface area (Å²) in [4.78, 5) is 13.1. The van der Waals surface area contributed by atoms with Crippen LogP contribution >= 0.6 is 0 Å². The van der Waals surface area contributed by atoms with Crippen LogP contribution in [-0.2, 0) is 14.8 Å². The first-order valence-electron chi connectivity index (χ1n) is 10.2. The Morgan fingerprint density at radius 1 is 0.903 bits per heavy atom. The highest BCUT2D eigenvalue weighted by molar-refractivity contribution is 7.92. The summed E-state index contributed by atoms with van der Waals surface area (Å²) < 4.78 is 28.3. The molecule has 6 heteroatoms. The fourth-order valence-corrected chi connectivity index (χ4v) is 4.85. The van der Waals surface area contributed by atoms with Gasteiger partial charge >= 0.3 is 0 Å². The normalized spacial score (nSPS) is 12.3. The molecule has 3 rings (SSSR count). The number of hydrogen-bond acceptors (Lipinski definition) is 3. The Bertz CT molecular complexity index is 1160. The van der Waals surface area contributed by atoms with E-state index in [2.05, 4.69) is 5.32 Å². The molecular weight excluding hydrogens is 408 g/mol. The average molecular weight is 437 g/mol. The van der Waals surface area contributed by atoms with E-state index in [1.165, 1.54) is 4.31 Å². The van der Waals surface area contributed by atoms with E-state index in [1.807, 2.05) is 70.2 Å². The second-order valence-corrected chi connectivity index (χ2v) is 9.68. The highest BCUT2D eigenvalue weighted by Crippen LogP contribution is 2.28. The van der Waals surface area contributed by atoms with Crippen molar-refractivity contribution in [1.82, 2.24) is 5.32 Å². The summed E-state index contributed by atoms with van der Waals surface area (Å²) in [6.07, 6.45) is 0. The third-order valence-electron chi connectivity index (χ3n) is 5.21. The summed E-state index contributed by atoms with van der Waals surface area (Å²) in [7, 11) is -3.93. The van der Waals surface area contributed by atoms with E-state index in [0.717, 1.165) is 22.3 Å². The predicted molar refractivity (Wildman–Crippen MR) is 125 cm³/mol. The maximum absolute atomic E-state index is 13.5. The summed E-state index contributed by atoms with van der Waals surface area (Å²) >= 11 is 0. The fraction of sp³-hybridized carbons (Fsp3) is 0.240. The smallest absolute Gasteiger partial charge is 0.264 e. The molecule has 0 aliphatic heterocycles. The molecule has 5 nitrogen and oxygen atoms in total. The van der Waals surface area contributed by atoms with Crippen LogP contribution in [0.15, 0.2) is 77.7 Å². The van der Waals surface area contributed by atoms with Crippen molar-refractivity contribution >= 4 is 21.6 Å². The maximum Gasteiger partial charge on any atom is 0.264 e. The highest BCUT2D eigenvalue weighted by Gasteiger charge is 2.28. The zero-order valence-corrected chi connectivity index (χ0v) is 19.1. The molecule has 0 bridgehead atoms. The van der Waals surface area contributed by atoms with Crippen LogP contribution in [0.3, 0.4) is 0 Å². The van der Waals surface area contributed by atoms with Crippen LogP contribution < -0.4 is 9.62 Å². The van der Waals surface area contributed by atoms with Crippen molar-refractivity contribution in [2.45, 2.75) is 38.6 Å². The summed E-state index contributed by atoms with van der Waals surface area (Å²) in [6.45, 7) is 7.22. The second-order valence-electron chi connectivity index (χ2n) is 7.81. The molecule has 0 saturated heterocycles. The molecule has 0 heterocycles. The van der Waals surface area contributed by atoms with Crippen molar-refractivity contribution in [1.29, 1.82) is 0 Å². The largest absolute Gasteiger partial charge is 0.348 e. The van der Waals surface area contributed by atoms with Crippen molar-refractivity contribution in [2.75, 3.05) is 10.8 Å². The number of benzene rings is 3. The molecule has 0 aromatic heterocycles. The van der Waals surface area contributed by atoms with E-state index < -0.39 is 10.0 Å². The van der Waals surface area contributed by atoms with E-state index in [9.17, 15) is 13.2 Å². The van der Waals surface area contributed by atoms with Crippen LogP contribution in [0.4, 0.5) is 5.69 Å². The van der Waals surface area contributed by atoms with Crippen LogP contribution in [0.2, 0.25) is 0 Å². The number of carbonyl (C=O) groups is 1. The molecule has 0 aliphatic carbocycles. The van der Waals surface area contributed by atoms with E-state index in [-0.39, 0.29) is 23.4 Å². The van der Waals surface area contributed by atoms with E-state index in [4.69, 9.17) is 0 Å². The first-order valence-corrected chi connectivity index (χ1v) is 11.6. The Balaban J connectivity index is 1.95. The lowest BCUT2D eigenvalue weighted by atomic mass is 10.1. The van der Waals surface area contributed by atoms with Gasteiger partial charge in [-0.3, -0.25) is 9.10 Å². The van der Waals surface area contributed by atoms with Crippen molar-refractivity contribution in [3.63, 3.8) is 0 Å². The van der Waals surface area contributed by atoms with Gasteiger partial charge in [0.25, 0.3) is 10.0 Å². The van der Waals surface area contributed by atoms with E-state index in [0.29, 0.717) is 5.69 Å². The molecule has 1 amide bonds. The SMILES string of the molecule is Cc1ccc(S(=O)(=O)N(CC(=O)N[C@H](C)c2ccccc2)c2cc(C)ccc2C)cc1. The Morgan fingerprint density at radius 2 is 1.52 bits per heavy atom. The Kier molecular flexibility index (Phi) is 6.81. The predicted octanol–water partition coefficient (Wildman–Crippen LogP) is 4.68. The molecule has 0 fully saturated rings.